The molecule has 0 aliphatic heterocycles. The molecule has 0 radical (unpaired) electrons. The summed E-state index contributed by atoms with van der Waals surface area (Å²) < 4.78 is 5.96. The molecule has 3 saturated carbocycles. The first-order valence-corrected chi connectivity index (χ1v) is 17.9. The molecule has 0 bridgehead atoms. The Labute approximate surface area is 257 Å². The van der Waals surface area contributed by atoms with Crippen LogP contribution in [-0.2, 0) is 14.3 Å². The Hall–Kier alpha value is -1.36. The first kappa shape index (κ1) is 33.5. The molecule has 0 aromatic rings. The molecule has 0 aromatic heterocycles. The van der Waals surface area contributed by atoms with E-state index in [4.69, 9.17) is 10.5 Å². The smallest absolute Gasteiger partial charge is 0.306 e. The Balaban J connectivity index is 1.28. The van der Waals surface area contributed by atoms with E-state index >= 15 is 0 Å². The molecule has 9 atom stereocenters. The molecule has 4 aliphatic carbocycles. The molecule has 3 N–H and O–H groups in total. The first-order valence-electron chi connectivity index (χ1n) is 17.9. The minimum atomic E-state index is -0.225. The molecule has 5 nitrogen and oxygen atoms in total. The highest BCUT2D eigenvalue weighted by Gasteiger charge is 2.59. The highest BCUT2D eigenvalue weighted by molar-refractivity contribution is 5.81. The van der Waals surface area contributed by atoms with Crippen molar-refractivity contribution in [3.63, 3.8) is 0 Å². The maximum atomic E-state index is 12.7. The Morgan fingerprint density at radius 3 is 2.48 bits per heavy atom. The molecule has 5 unspecified atom stereocenters. The van der Waals surface area contributed by atoms with Gasteiger partial charge in [-0.05, 0) is 118 Å². The molecular formula is C37H64N2O3. The Morgan fingerprint density at radius 1 is 0.952 bits per heavy atom. The molecule has 0 spiro atoms. The lowest BCUT2D eigenvalue weighted by Gasteiger charge is -2.58. The van der Waals surface area contributed by atoms with Crippen molar-refractivity contribution in [1.29, 1.82) is 0 Å². The van der Waals surface area contributed by atoms with Crippen LogP contribution in [0, 0.1) is 46.3 Å². The number of nitrogens with two attached hydrogens (primary N) is 1. The average Bonchev–Trinajstić information content (AvgIpc) is 3.29. The number of carbonyl (C=O) groups is 2. The molecule has 5 heteroatoms. The fraction of sp³-hybridized carbons (Fsp3) is 0.892. The van der Waals surface area contributed by atoms with E-state index in [-0.39, 0.29) is 42.3 Å². The normalized spacial score (nSPS) is 35.4. The number of hydrogen-bond donors (Lipinski definition) is 2. The van der Waals surface area contributed by atoms with Gasteiger partial charge >= 0.3 is 5.97 Å². The van der Waals surface area contributed by atoms with Crippen molar-refractivity contribution < 1.29 is 14.3 Å². The lowest BCUT2D eigenvalue weighted by molar-refractivity contribution is -0.152. The molecular weight excluding hydrogens is 520 g/mol. The van der Waals surface area contributed by atoms with Crippen molar-refractivity contribution in [2.75, 3.05) is 6.54 Å². The van der Waals surface area contributed by atoms with E-state index < -0.39 is 0 Å². The van der Waals surface area contributed by atoms with Crippen LogP contribution in [0.15, 0.2) is 11.6 Å². The summed E-state index contributed by atoms with van der Waals surface area (Å²) in [6.45, 7) is 15.2. The summed E-state index contributed by atoms with van der Waals surface area (Å²) >= 11 is 0. The summed E-state index contributed by atoms with van der Waals surface area (Å²) in [7, 11) is 0. The van der Waals surface area contributed by atoms with Gasteiger partial charge in [0, 0.05) is 18.9 Å². The van der Waals surface area contributed by atoms with Crippen LogP contribution in [-0.4, -0.2) is 30.6 Å². The van der Waals surface area contributed by atoms with E-state index in [9.17, 15) is 9.59 Å². The van der Waals surface area contributed by atoms with Crippen LogP contribution in [0.1, 0.15) is 144 Å². The predicted molar refractivity (Wildman–Crippen MR) is 173 cm³/mol. The van der Waals surface area contributed by atoms with Crippen LogP contribution in [0.5, 0.6) is 0 Å². The van der Waals surface area contributed by atoms with Crippen LogP contribution in [0.2, 0.25) is 0 Å². The second-order valence-corrected chi connectivity index (χ2v) is 15.9. The molecule has 0 aromatic carbocycles. The predicted octanol–water partition coefficient (Wildman–Crippen LogP) is 8.35. The third-order valence-corrected chi connectivity index (χ3v) is 12.6. The van der Waals surface area contributed by atoms with E-state index in [1.807, 2.05) is 6.92 Å². The number of ether oxygens (including phenoxy) is 1. The first-order chi connectivity index (χ1) is 20.0. The van der Waals surface area contributed by atoms with Crippen LogP contribution < -0.4 is 11.1 Å². The van der Waals surface area contributed by atoms with Crippen molar-refractivity contribution in [2.45, 2.75) is 156 Å². The zero-order chi connectivity index (χ0) is 30.5. The zero-order valence-electron chi connectivity index (χ0n) is 28.0. The van der Waals surface area contributed by atoms with E-state index in [0.29, 0.717) is 12.0 Å². The van der Waals surface area contributed by atoms with Gasteiger partial charge in [-0.25, -0.2) is 0 Å². The van der Waals surface area contributed by atoms with Crippen LogP contribution in [0.3, 0.4) is 0 Å². The van der Waals surface area contributed by atoms with Crippen molar-refractivity contribution in [3.05, 3.63) is 11.6 Å². The van der Waals surface area contributed by atoms with Gasteiger partial charge in [0.2, 0.25) is 5.91 Å². The van der Waals surface area contributed by atoms with Crippen LogP contribution in [0.25, 0.3) is 0 Å². The number of fused-ring (bicyclic) bond motifs is 5. The van der Waals surface area contributed by atoms with Gasteiger partial charge in [0.1, 0.15) is 6.10 Å². The van der Waals surface area contributed by atoms with Gasteiger partial charge in [-0.3, -0.25) is 9.59 Å². The largest absolute Gasteiger partial charge is 0.462 e. The van der Waals surface area contributed by atoms with Crippen molar-refractivity contribution in [1.82, 2.24) is 5.32 Å². The lowest BCUT2D eigenvalue weighted by atomic mass is 9.47. The fourth-order valence-electron chi connectivity index (χ4n) is 10.2. The summed E-state index contributed by atoms with van der Waals surface area (Å²) in [5.74, 6) is 4.74. The number of rotatable bonds is 14. The molecule has 240 valence electrons. The highest BCUT2D eigenvalue weighted by atomic mass is 16.5. The summed E-state index contributed by atoms with van der Waals surface area (Å²) in [4.78, 5) is 25.0. The number of hydrogen-bond acceptors (Lipinski definition) is 4. The topological polar surface area (TPSA) is 81.4 Å². The summed E-state index contributed by atoms with van der Waals surface area (Å²) in [6.07, 6.45) is 19.8. The van der Waals surface area contributed by atoms with Gasteiger partial charge in [0.15, 0.2) is 0 Å². The van der Waals surface area contributed by atoms with Gasteiger partial charge in [-0.15, -0.1) is 0 Å². The van der Waals surface area contributed by atoms with Crippen LogP contribution >= 0.6 is 0 Å². The van der Waals surface area contributed by atoms with Gasteiger partial charge in [0.25, 0.3) is 0 Å². The number of allylic oxidation sites excluding steroid dienone is 1. The maximum Gasteiger partial charge on any atom is 0.306 e. The Kier molecular flexibility index (Phi) is 11.7. The standard InChI is InChI=1S/C37H64N2O3/c1-25(2)10-9-11-26(3)31-15-16-32-30-14-13-28-24-29(19-21-36(28,5)33(30)20-22-37(31,32)6)42-35(41)18-17-34(40)39-27(4)12-7-8-23-38/h13,25-27,29-33H,7-12,14-24,38H2,1-6H3,(H,39,40)/t26?,27?,29-,30?,31+,32-,33-,36?,37?/m0/s1. The SMILES string of the molecule is CC(C)CCCC(C)[C@H]1CC[C@H]2C3CC=C4C[C@@H](OC(=O)CCC(=O)NC(C)CCCCN)CCC4(C)[C@H]3CCC12C. The van der Waals surface area contributed by atoms with Crippen molar-refractivity contribution >= 4 is 11.9 Å². The monoisotopic (exact) mass is 584 g/mol. The second kappa shape index (κ2) is 14.6. The van der Waals surface area contributed by atoms with Gasteiger partial charge in [-0.1, -0.05) is 72.0 Å². The third-order valence-electron chi connectivity index (χ3n) is 12.6. The maximum absolute atomic E-state index is 12.7. The van der Waals surface area contributed by atoms with Gasteiger partial charge < -0.3 is 15.8 Å². The van der Waals surface area contributed by atoms with Crippen molar-refractivity contribution in [3.8, 4) is 0 Å². The fourth-order valence-corrected chi connectivity index (χ4v) is 10.2. The molecule has 3 fully saturated rings. The van der Waals surface area contributed by atoms with E-state index in [0.717, 1.165) is 74.0 Å². The molecule has 42 heavy (non-hydrogen) atoms. The minimum Gasteiger partial charge on any atom is -0.462 e. The van der Waals surface area contributed by atoms with Crippen molar-refractivity contribution in [2.24, 2.45) is 52.1 Å². The lowest BCUT2D eigenvalue weighted by Crippen LogP contribution is -2.51. The minimum absolute atomic E-state index is 0.0389. The number of carbonyl (C=O) groups excluding carboxylic acids is 2. The molecule has 4 aliphatic rings. The number of esters is 1. The molecule has 1 amide bonds. The Morgan fingerprint density at radius 2 is 1.74 bits per heavy atom. The quantitative estimate of drug-likeness (QED) is 0.122. The van der Waals surface area contributed by atoms with Gasteiger partial charge in [0.05, 0.1) is 6.42 Å². The Bertz CT molecular complexity index is 945. The summed E-state index contributed by atoms with van der Waals surface area (Å²) in [6, 6.07) is 0.115. The highest BCUT2D eigenvalue weighted by Crippen LogP contribution is 2.67. The van der Waals surface area contributed by atoms with E-state index in [2.05, 4.69) is 46.0 Å². The van der Waals surface area contributed by atoms with Crippen LogP contribution in [0.4, 0.5) is 0 Å². The third kappa shape index (κ3) is 7.64. The van der Waals surface area contributed by atoms with E-state index in [1.54, 1.807) is 5.57 Å². The number of nitrogens with one attached hydrogen (secondary N) is 1. The number of amides is 1. The molecule has 0 heterocycles. The second-order valence-electron chi connectivity index (χ2n) is 15.9. The number of unbranched alkanes of at least 4 members (excludes halogenated alkanes) is 1. The molecule has 4 rings (SSSR count). The molecule has 0 saturated heterocycles. The van der Waals surface area contributed by atoms with Gasteiger partial charge in [-0.2, -0.15) is 0 Å². The van der Waals surface area contributed by atoms with E-state index in [1.165, 1.54) is 51.4 Å². The summed E-state index contributed by atoms with van der Waals surface area (Å²) in [5.41, 5.74) is 7.89. The average molecular weight is 585 g/mol. The summed E-state index contributed by atoms with van der Waals surface area (Å²) in [5, 5.41) is 3.01. The zero-order valence-corrected chi connectivity index (χ0v) is 28.0.